The molecule has 0 fully saturated rings. The normalized spacial score (nSPS) is 10.2. The fourth-order valence-electron chi connectivity index (χ4n) is 2.55. The Morgan fingerprint density at radius 3 is 2.34 bits per heavy atom. The Balaban J connectivity index is 1.68. The zero-order valence-corrected chi connectivity index (χ0v) is 16.9. The van der Waals surface area contributed by atoms with Crippen LogP contribution in [0.3, 0.4) is 0 Å². The highest BCUT2D eigenvalue weighted by molar-refractivity contribution is 7.14. The summed E-state index contributed by atoms with van der Waals surface area (Å²) in [7, 11) is 3.14. The molecule has 2 aromatic carbocycles. The van der Waals surface area contributed by atoms with Gasteiger partial charge in [0.05, 0.1) is 14.2 Å². The molecule has 3 N–H and O–H groups in total. The van der Waals surface area contributed by atoms with Crippen LogP contribution in [0.2, 0.25) is 0 Å². The first-order valence-corrected chi connectivity index (χ1v) is 9.50. The second-order valence-electron chi connectivity index (χ2n) is 5.95. The summed E-state index contributed by atoms with van der Waals surface area (Å²) in [5.74, 6) is 0.685. The fourth-order valence-corrected chi connectivity index (χ4v) is 3.26. The van der Waals surface area contributed by atoms with E-state index in [0.29, 0.717) is 28.0 Å². The van der Waals surface area contributed by atoms with E-state index in [2.05, 4.69) is 20.9 Å². The number of ether oxygens (including phenoxy) is 2. The third kappa shape index (κ3) is 5.23. The summed E-state index contributed by atoms with van der Waals surface area (Å²) in [5, 5.41) is 10.8. The Kier molecular flexibility index (Phi) is 6.30. The van der Waals surface area contributed by atoms with E-state index < -0.39 is 0 Å². The Morgan fingerprint density at radius 2 is 1.66 bits per heavy atom. The fraction of sp³-hybridized carbons (Fsp3) is 0.150. The Hall–Kier alpha value is -3.59. The quantitative estimate of drug-likeness (QED) is 0.540. The van der Waals surface area contributed by atoms with Gasteiger partial charge in [0.2, 0.25) is 5.91 Å². The van der Waals surface area contributed by atoms with Gasteiger partial charge in [-0.15, -0.1) is 11.3 Å². The predicted molar refractivity (Wildman–Crippen MR) is 114 cm³/mol. The van der Waals surface area contributed by atoms with Gasteiger partial charge in [-0.25, -0.2) is 4.98 Å². The number of nitrogens with zero attached hydrogens (tertiary/aromatic N) is 1. The Morgan fingerprint density at radius 1 is 0.931 bits per heavy atom. The molecule has 150 valence electrons. The standard InChI is InChI=1S/C20H20N4O4S/c1-12(25)21-13-5-4-6-14(9-13)22-19(26)16-11-29-20(24-16)23-15-7-8-17(27-2)18(10-15)28-3/h4-11H,1-3H3,(H,21,25)(H,22,26)(H,23,24). The lowest BCUT2D eigenvalue weighted by molar-refractivity contribution is -0.114. The van der Waals surface area contributed by atoms with Crippen molar-refractivity contribution in [1.29, 1.82) is 0 Å². The van der Waals surface area contributed by atoms with Crippen LogP contribution in [0.25, 0.3) is 0 Å². The van der Waals surface area contributed by atoms with Crippen LogP contribution in [-0.2, 0) is 4.79 Å². The van der Waals surface area contributed by atoms with Crippen LogP contribution in [0.4, 0.5) is 22.2 Å². The van der Waals surface area contributed by atoms with Crippen molar-refractivity contribution in [2.45, 2.75) is 6.92 Å². The van der Waals surface area contributed by atoms with Crippen LogP contribution in [0.15, 0.2) is 47.8 Å². The lowest BCUT2D eigenvalue weighted by Crippen LogP contribution is -2.13. The first kappa shape index (κ1) is 20.2. The summed E-state index contributed by atoms with van der Waals surface area (Å²) in [6, 6.07) is 12.3. The average molecular weight is 412 g/mol. The van der Waals surface area contributed by atoms with Crippen LogP contribution in [0, 0.1) is 0 Å². The molecule has 0 atom stereocenters. The molecular formula is C20H20N4O4S. The summed E-state index contributed by atoms with van der Waals surface area (Å²) in [6.45, 7) is 1.42. The van der Waals surface area contributed by atoms with Gasteiger partial charge in [-0.2, -0.15) is 0 Å². The largest absolute Gasteiger partial charge is 0.493 e. The molecule has 0 saturated carbocycles. The molecule has 0 radical (unpaired) electrons. The molecule has 1 aromatic heterocycles. The minimum absolute atomic E-state index is 0.182. The van der Waals surface area contributed by atoms with E-state index in [1.807, 2.05) is 6.07 Å². The predicted octanol–water partition coefficient (Wildman–Crippen LogP) is 4.11. The molecule has 8 nitrogen and oxygen atoms in total. The van der Waals surface area contributed by atoms with Gasteiger partial charge < -0.3 is 25.4 Å². The minimum atomic E-state index is -0.346. The number of anilines is 4. The van der Waals surface area contributed by atoms with Gasteiger partial charge in [0, 0.05) is 35.4 Å². The molecule has 1 heterocycles. The molecular weight excluding hydrogens is 392 g/mol. The number of carbonyl (C=O) groups is 2. The lowest BCUT2D eigenvalue weighted by Gasteiger charge is -2.09. The maximum absolute atomic E-state index is 12.5. The molecule has 0 saturated heterocycles. The second-order valence-corrected chi connectivity index (χ2v) is 6.81. The van der Waals surface area contributed by atoms with E-state index in [1.165, 1.54) is 18.3 Å². The van der Waals surface area contributed by atoms with Gasteiger partial charge in [-0.05, 0) is 30.3 Å². The number of methoxy groups -OCH3 is 2. The van der Waals surface area contributed by atoms with Crippen LogP contribution in [0.1, 0.15) is 17.4 Å². The summed E-state index contributed by atoms with van der Waals surface area (Å²) in [6.07, 6.45) is 0. The molecule has 2 amide bonds. The van der Waals surface area contributed by atoms with E-state index in [4.69, 9.17) is 9.47 Å². The summed E-state index contributed by atoms with van der Waals surface area (Å²) in [4.78, 5) is 28.0. The van der Waals surface area contributed by atoms with E-state index in [9.17, 15) is 9.59 Å². The maximum Gasteiger partial charge on any atom is 0.275 e. The van der Waals surface area contributed by atoms with Crippen molar-refractivity contribution < 1.29 is 19.1 Å². The second kappa shape index (κ2) is 9.07. The number of carbonyl (C=O) groups excluding carboxylic acids is 2. The summed E-state index contributed by atoms with van der Waals surface area (Å²) < 4.78 is 10.5. The molecule has 0 aliphatic heterocycles. The molecule has 29 heavy (non-hydrogen) atoms. The SMILES string of the molecule is COc1ccc(Nc2nc(C(=O)Nc3cccc(NC(C)=O)c3)cs2)cc1OC. The van der Waals surface area contributed by atoms with E-state index in [0.717, 1.165) is 5.69 Å². The first-order chi connectivity index (χ1) is 14.0. The van der Waals surface area contributed by atoms with Crippen LogP contribution < -0.4 is 25.4 Å². The third-order valence-corrected chi connectivity index (χ3v) is 4.57. The van der Waals surface area contributed by atoms with Gasteiger partial charge >= 0.3 is 0 Å². The minimum Gasteiger partial charge on any atom is -0.493 e. The Labute approximate surface area is 171 Å². The zero-order chi connectivity index (χ0) is 20.8. The zero-order valence-electron chi connectivity index (χ0n) is 16.1. The molecule has 3 aromatic rings. The monoisotopic (exact) mass is 412 g/mol. The highest BCUT2D eigenvalue weighted by Gasteiger charge is 2.12. The van der Waals surface area contributed by atoms with Crippen LogP contribution >= 0.6 is 11.3 Å². The van der Waals surface area contributed by atoms with Crippen LogP contribution in [0.5, 0.6) is 11.5 Å². The maximum atomic E-state index is 12.5. The molecule has 0 bridgehead atoms. The van der Waals surface area contributed by atoms with Gasteiger partial charge in [0.1, 0.15) is 5.69 Å². The number of aromatic nitrogens is 1. The Bertz CT molecular complexity index is 1030. The molecule has 0 aliphatic carbocycles. The molecule has 0 spiro atoms. The summed E-state index contributed by atoms with van der Waals surface area (Å²) in [5.41, 5.74) is 2.20. The van der Waals surface area contributed by atoms with Crippen molar-refractivity contribution >= 4 is 45.3 Å². The molecule has 9 heteroatoms. The van der Waals surface area contributed by atoms with Crippen LogP contribution in [-0.4, -0.2) is 31.0 Å². The van der Waals surface area contributed by atoms with Crippen molar-refractivity contribution in [3.8, 4) is 11.5 Å². The smallest absolute Gasteiger partial charge is 0.275 e. The lowest BCUT2D eigenvalue weighted by atomic mass is 10.2. The van der Waals surface area contributed by atoms with Gasteiger partial charge in [0.15, 0.2) is 16.6 Å². The number of benzene rings is 2. The molecule has 3 rings (SSSR count). The van der Waals surface area contributed by atoms with Crippen molar-refractivity contribution in [1.82, 2.24) is 4.98 Å². The molecule has 0 unspecified atom stereocenters. The number of hydrogen-bond acceptors (Lipinski definition) is 7. The van der Waals surface area contributed by atoms with Crippen molar-refractivity contribution in [2.75, 3.05) is 30.2 Å². The molecule has 0 aliphatic rings. The number of rotatable bonds is 7. The van der Waals surface area contributed by atoms with Gasteiger partial charge in [-0.3, -0.25) is 9.59 Å². The number of hydrogen-bond donors (Lipinski definition) is 3. The van der Waals surface area contributed by atoms with E-state index in [-0.39, 0.29) is 17.5 Å². The number of thiazole rings is 1. The number of nitrogens with one attached hydrogen (secondary N) is 3. The van der Waals surface area contributed by atoms with E-state index >= 15 is 0 Å². The average Bonchev–Trinajstić information content (AvgIpc) is 3.16. The van der Waals surface area contributed by atoms with Crippen molar-refractivity contribution in [3.05, 3.63) is 53.5 Å². The topological polar surface area (TPSA) is 102 Å². The summed E-state index contributed by atoms with van der Waals surface area (Å²) >= 11 is 1.31. The highest BCUT2D eigenvalue weighted by Crippen LogP contribution is 2.31. The highest BCUT2D eigenvalue weighted by atomic mass is 32.1. The number of amides is 2. The first-order valence-electron chi connectivity index (χ1n) is 8.62. The van der Waals surface area contributed by atoms with Crippen molar-refractivity contribution in [3.63, 3.8) is 0 Å². The van der Waals surface area contributed by atoms with Crippen molar-refractivity contribution in [2.24, 2.45) is 0 Å². The van der Waals surface area contributed by atoms with Gasteiger partial charge in [0.25, 0.3) is 5.91 Å². The van der Waals surface area contributed by atoms with Gasteiger partial charge in [-0.1, -0.05) is 6.07 Å². The van der Waals surface area contributed by atoms with E-state index in [1.54, 1.807) is 56.0 Å². The third-order valence-electron chi connectivity index (χ3n) is 3.81.